The van der Waals surface area contributed by atoms with Crippen LogP contribution in [-0.2, 0) is 17.5 Å². The van der Waals surface area contributed by atoms with Crippen LogP contribution in [-0.4, -0.2) is 20.5 Å². The van der Waals surface area contributed by atoms with Crippen LogP contribution in [0.3, 0.4) is 0 Å². The molecule has 3 nitrogen and oxygen atoms in total. The molecule has 0 bridgehead atoms. The van der Waals surface area contributed by atoms with Gasteiger partial charge in [-0.1, -0.05) is 4.40 Å². The van der Waals surface area contributed by atoms with Gasteiger partial charge < -0.3 is 4.55 Å². The normalized spacial score (nSPS) is 15.1. The number of nitrogens with zero attached hydrogens (tertiary/aromatic N) is 2. The Hall–Kier alpha value is -1.08. The first-order valence-corrected chi connectivity index (χ1v) is 6.20. The highest BCUT2D eigenvalue weighted by Crippen LogP contribution is 2.30. The lowest BCUT2D eigenvalue weighted by atomic mass is 10.1. The summed E-state index contributed by atoms with van der Waals surface area (Å²) in [5.74, 6) is 0. The zero-order valence-corrected chi connectivity index (χ0v) is 11.0. The second-order valence-corrected chi connectivity index (χ2v) is 6.49. The third-order valence-corrected chi connectivity index (χ3v) is 3.31. The molecular formula is C11H13F3N2OS. The molecule has 1 heterocycles. The summed E-state index contributed by atoms with van der Waals surface area (Å²) in [6.45, 7) is 5.07. The molecule has 0 unspecified atom stereocenters. The van der Waals surface area contributed by atoms with Crippen molar-refractivity contribution >= 4 is 17.6 Å². The number of hydrogen-bond donors (Lipinski definition) is 0. The van der Waals surface area contributed by atoms with Gasteiger partial charge in [0, 0.05) is 18.0 Å². The molecule has 0 aromatic carbocycles. The van der Waals surface area contributed by atoms with Crippen molar-refractivity contribution in [2.45, 2.75) is 31.7 Å². The first-order valence-electron chi connectivity index (χ1n) is 5.09. The van der Waals surface area contributed by atoms with E-state index in [-0.39, 0.29) is 5.56 Å². The molecule has 0 fully saturated rings. The second-order valence-electron chi connectivity index (χ2n) is 4.56. The van der Waals surface area contributed by atoms with E-state index in [2.05, 4.69) is 9.38 Å². The predicted molar refractivity (Wildman–Crippen MR) is 64.7 cm³/mol. The Labute approximate surface area is 106 Å². The minimum Gasteiger partial charge on any atom is -0.591 e. The van der Waals surface area contributed by atoms with Gasteiger partial charge >= 0.3 is 6.18 Å². The molecule has 0 aliphatic heterocycles. The molecule has 7 heteroatoms. The molecule has 0 amide bonds. The molecule has 100 valence electrons. The average molecular weight is 278 g/mol. The van der Waals surface area contributed by atoms with E-state index in [1.165, 1.54) is 0 Å². The lowest BCUT2D eigenvalue weighted by Gasteiger charge is -2.18. The molecule has 1 aromatic heterocycles. The van der Waals surface area contributed by atoms with Crippen LogP contribution >= 0.6 is 0 Å². The van der Waals surface area contributed by atoms with Crippen LogP contribution in [0.1, 0.15) is 31.9 Å². The summed E-state index contributed by atoms with van der Waals surface area (Å²) in [5, 5.41) is 0. The fraction of sp³-hybridized carbons (Fsp3) is 0.455. The number of hydrogen-bond acceptors (Lipinski definition) is 3. The van der Waals surface area contributed by atoms with Crippen molar-refractivity contribution in [2.75, 3.05) is 0 Å². The highest BCUT2D eigenvalue weighted by atomic mass is 32.2. The summed E-state index contributed by atoms with van der Waals surface area (Å²) in [5.41, 5.74) is -1.03. The standard InChI is InChI=1S/C11H13F3N2OS/c1-10(2,3)18(17)16-7-8-6-15-5-4-9(8)11(12,13)14/h4-7H,1-3H3/t18-/m1/s1. The molecule has 0 radical (unpaired) electrons. The Bertz CT molecular complexity index is 441. The molecule has 0 aliphatic rings. The third-order valence-electron chi connectivity index (χ3n) is 1.97. The molecule has 1 rings (SSSR count). The van der Waals surface area contributed by atoms with Gasteiger partial charge in [0.1, 0.15) is 16.1 Å². The number of pyridine rings is 1. The molecule has 0 N–H and O–H groups in total. The van der Waals surface area contributed by atoms with Crippen LogP contribution in [0.15, 0.2) is 22.9 Å². The van der Waals surface area contributed by atoms with Gasteiger partial charge in [0.2, 0.25) is 0 Å². The van der Waals surface area contributed by atoms with Gasteiger partial charge in [-0.05, 0) is 26.8 Å². The van der Waals surface area contributed by atoms with Gasteiger partial charge in [0.05, 0.1) is 11.8 Å². The highest BCUT2D eigenvalue weighted by molar-refractivity contribution is 7.91. The largest absolute Gasteiger partial charge is 0.591 e. The van der Waals surface area contributed by atoms with Crippen molar-refractivity contribution in [2.24, 2.45) is 4.40 Å². The van der Waals surface area contributed by atoms with Crippen LogP contribution in [0.4, 0.5) is 13.2 Å². The Morgan fingerprint density at radius 3 is 2.44 bits per heavy atom. The molecule has 18 heavy (non-hydrogen) atoms. The molecule has 0 aliphatic carbocycles. The van der Waals surface area contributed by atoms with Crippen molar-refractivity contribution in [3.63, 3.8) is 0 Å². The number of aromatic nitrogens is 1. The predicted octanol–water partition coefficient (Wildman–Crippen LogP) is 2.98. The third kappa shape index (κ3) is 3.99. The van der Waals surface area contributed by atoms with E-state index in [0.29, 0.717) is 0 Å². The topological polar surface area (TPSA) is 48.3 Å². The summed E-state index contributed by atoms with van der Waals surface area (Å²) in [7, 11) is 0. The van der Waals surface area contributed by atoms with E-state index in [9.17, 15) is 17.7 Å². The Morgan fingerprint density at radius 1 is 1.33 bits per heavy atom. The molecule has 0 saturated carbocycles. The van der Waals surface area contributed by atoms with Gasteiger partial charge in [-0.25, -0.2) is 0 Å². The van der Waals surface area contributed by atoms with Crippen molar-refractivity contribution in [1.82, 2.24) is 4.98 Å². The fourth-order valence-electron chi connectivity index (χ4n) is 1.03. The van der Waals surface area contributed by atoms with Crippen LogP contribution < -0.4 is 0 Å². The maximum absolute atomic E-state index is 12.6. The minimum atomic E-state index is -4.48. The van der Waals surface area contributed by atoms with E-state index >= 15 is 0 Å². The van der Waals surface area contributed by atoms with E-state index in [1.807, 2.05) is 0 Å². The van der Waals surface area contributed by atoms with Crippen LogP contribution in [0.25, 0.3) is 0 Å². The fourth-order valence-corrected chi connectivity index (χ4v) is 1.56. The van der Waals surface area contributed by atoms with E-state index in [1.54, 1.807) is 20.8 Å². The lowest BCUT2D eigenvalue weighted by Crippen LogP contribution is -2.26. The monoisotopic (exact) mass is 278 g/mol. The number of alkyl halides is 3. The van der Waals surface area contributed by atoms with Crippen LogP contribution in [0.5, 0.6) is 0 Å². The zero-order chi connectivity index (χ0) is 14.0. The summed E-state index contributed by atoms with van der Waals surface area (Å²) in [6, 6.07) is 0.862. The van der Waals surface area contributed by atoms with Crippen molar-refractivity contribution in [3.05, 3.63) is 29.6 Å². The van der Waals surface area contributed by atoms with Gasteiger partial charge in [-0.15, -0.1) is 0 Å². The summed E-state index contributed by atoms with van der Waals surface area (Å²) < 4.78 is 52.6. The van der Waals surface area contributed by atoms with Crippen LogP contribution in [0, 0.1) is 0 Å². The van der Waals surface area contributed by atoms with E-state index in [4.69, 9.17) is 0 Å². The first kappa shape index (κ1) is 15.0. The molecule has 1 aromatic rings. The Morgan fingerprint density at radius 2 is 1.94 bits per heavy atom. The van der Waals surface area contributed by atoms with Gasteiger partial charge in [0.25, 0.3) is 0 Å². The maximum atomic E-state index is 12.6. The van der Waals surface area contributed by atoms with Gasteiger partial charge in [0.15, 0.2) is 0 Å². The summed E-state index contributed by atoms with van der Waals surface area (Å²) in [6.07, 6.45) is -1.42. The zero-order valence-electron chi connectivity index (χ0n) is 10.2. The summed E-state index contributed by atoms with van der Waals surface area (Å²) >= 11 is -1.60. The minimum absolute atomic E-state index is 0.192. The summed E-state index contributed by atoms with van der Waals surface area (Å²) in [4.78, 5) is 3.61. The number of rotatable bonds is 2. The van der Waals surface area contributed by atoms with Crippen LogP contribution in [0.2, 0.25) is 0 Å². The van der Waals surface area contributed by atoms with Gasteiger partial charge in [-0.2, -0.15) is 13.2 Å². The molecular weight excluding hydrogens is 265 g/mol. The average Bonchev–Trinajstić information content (AvgIpc) is 2.23. The van der Waals surface area contributed by atoms with Gasteiger partial charge in [-0.3, -0.25) is 4.98 Å². The lowest BCUT2D eigenvalue weighted by molar-refractivity contribution is -0.137. The van der Waals surface area contributed by atoms with Crippen molar-refractivity contribution in [1.29, 1.82) is 0 Å². The Balaban J connectivity index is 3.02. The van der Waals surface area contributed by atoms with E-state index < -0.39 is 27.8 Å². The number of halogens is 3. The Kier molecular flexibility index (Phi) is 4.39. The van der Waals surface area contributed by atoms with Crippen molar-refractivity contribution in [3.8, 4) is 0 Å². The molecule has 0 saturated heterocycles. The molecule has 1 atom stereocenters. The highest BCUT2D eigenvalue weighted by Gasteiger charge is 2.33. The van der Waals surface area contributed by atoms with Crippen molar-refractivity contribution < 1.29 is 17.7 Å². The second kappa shape index (κ2) is 5.27. The first-order chi connectivity index (χ1) is 8.12. The maximum Gasteiger partial charge on any atom is 0.417 e. The quantitative estimate of drug-likeness (QED) is 0.617. The molecule has 0 spiro atoms. The SMILES string of the molecule is CC(C)(C)[S@@+]([O-])N=Cc1cnccc1C(F)(F)F. The smallest absolute Gasteiger partial charge is 0.417 e. The van der Waals surface area contributed by atoms with E-state index in [0.717, 1.165) is 24.7 Å².